The lowest BCUT2D eigenvalue weighted by molar-refractivity contribution is 0.619. The van der Waals surface area contributed by atoms with Gasteiger partial charge < -0.3 is 14.2 Å². The van der Waals surface area contributed by atoms with E-state index in [2.05, 4.69) is 39.6 Å². The molecule has 6 heteroatoms. The smallest absolute Gasteiger partial charge is 0.227 e. The number of benzene rings is 4. The van der Waals surface area contributed by atoms with E-state index in [1.807, 2.05) is 60.7 Å². The highest BCUT2D eigenvalue weighted by molar-refractivity contribution is 7.99. The molecular formula is C26H15N3O2S. The molecule has 0 spiro atoms. The van der Waals surface area contributed by atoms with Gasteiger partial charge in [-0.25, -0.2) is 9.97 Å². The van der Waals surface area contributed by atoms with Gasteiger partial charge in [0.15, 0.2) is 11.2 Å². The summed E-state index contributed by atoms with van der Waals surface area (Å²) in [6.07, 6.45) is 0. The predicted molar refractivity (Wildman–Crippen MR) is 126 cm³/mol. The zero-order valence-electron chi connectivity index (χ0n) is 16.7. The van der Waals surface area contributed by atoms with E-state index in [-0.39, 0.29) is 0 Å². The Morgan fingerprint density at radius 2 is 1.09 bits per heavy atom. The van der Waals surface area contributed by atoms with E-state index in [4.69, 9.17) is 8.83 Å². The van der Waals surface area contributed by atoms with Crippen molar-refractivity contribution in [1.82, 2.24) is 9.97 Å². The average Bonchev–Trinajstić information content (AvgIpc) is 3.46. The lowest BCUT2D eigenvalue weighted by Gasteiger charge is -2.21. The maximum atomic E-state index is 5.96. The van der Waals surface area contributed by atoms with Gasteiger partial charge in [-0.1, -0.05) is 36.0 Å². The molecule has 1 N–H and O–H groups in total. The fourth-order valence-electron chi connectivity index (χ4n) is 3.94. The average molecular weight is 433 g/mol. The lowest BCUT2D eigenvalue weighted by Crippen LogP contribution is -2.00. The van der Waals surface area contributed by atoms with Crippen LogP contribution in [0.25, 0.3) is 45.1 Å². The molecule has 0 fully saturated rings. The Morgan fingerprint density at radius 3 is 1.59 bits per heavy atom. The largest absolute Gasteiger partial charge is 0.436 e. The van der Waals surface area contributed by atoms with Gasteiger partial charge in [0.05, 0.1) is 11.4 Å². The van der Waals surface area contributed by atoms with Gasteiger partial charge in [-0.3, -0.25) is 0 Å². The molecule has 0 bridgehead atoms. The summed E-state index contributed by atoms with van der Waals surface area (Å²) < 4.78 is 11.9. The van der Waals surface area contributed by atoms with Gasteiger partial charge in [0.25, 0.3) is 0 Å². The van der Waals surface area contributed by atoms with Gasteiger partial charge in [-0.05, 0) is 60.7 Å². The van der Waals surface area contributed by atoms with Crippen molar-refractivity contribution in [3.8, 4) is 22.9 Å². The van der Waals surface area contributed by atoms with Crippen molar-refractivity contribution in [1.29, 1.82) is 0 Å². The summed E-state index contributed by atoms with van der Waals surface area (Å²) in [4.78, 5) is 11.5. The van der Waals surface area contributed by atoms with Crippen LogP contribution >= 0.6 is 11.8 Å². The summed E-state index contributed by atoms with van der Waals surface area (Å²) >= 11 is 1.71. The third-order valence-electron chi connectivity index (χ3n) is 5.53. The van der Waals surface area contributed by atoms with Gasteiger partial charge in [-0.2, -0.15) is 0 Å². The van der Waals surface area contributed by atoms with E-state index in [0.717, 1.165) is 54.5 Å². The van der Waals surface area contributed by atoms with Crippen LogP contribution in [0.5, 0.6) is 0 Å². The molecule has 7 rings (SSSR count). The molecule has 0 unspecified atom stereocenters. The molecule has 0 radical (unpaired) electrons. The summed E-state index contributed by atoms with van der Waals surface area (Å²) in [5.41, 5.74) is 7.34. The highest BCUT2D eigenvalue weighted by atomic mass is 32.2. The fourth-order valence-corrected chi connectivity index (χ4v) is 5.01. The second kappa shape index (κ2) is 6.73. The number of nitrogens with one attached hydrogen (secondary N) is 1. The maximum absolute atomic E-state index is 5.96. The van der Waals surface area contributed by atoms with Crippen molar-refractivity contribution in [3.63, 3.8) is 0 Å². The molecule has 3 heterocycles. The Labute approximate surface area is 187 Å². The lowest BCUT2D eigenvalue weighted by atomic mass is 10.1. The third kappa shape index (κ3) is 2.81. The van der Waals surface area contributed by atoms with Crippen LogP contribution in [0.2, 0.25) is 0 Å². The van der Waals surface area contributed by atoms with Gasteiger partial charge >= 0.3 is 0 Å². The molecule has 2 aromatic heterocycles. The van der Waals surface area contributed by atoms with Gasteiger partial charge in [0, 0.05) is 20.9 Å². The van der Waals surface area contributed by atoms with Crippen molar-refractivity contribution in [2.24, 2.45) is 0 Å². The number of aromatic nitrogens is 2. The SMILES string of the molecule is c1ccc2oc(-c3ccc4c(c3)Sc3cc(-c5nc6ccccc6o5)ccc3N4)nc2c1. The Hall–Kier alpha value is -4.03. The Morgan fingerprint density at radius 1 is 0.594 bits per heavy atom. The molecule has 0 amide bonds. The quantitative estimate of drug-likeness (QED) is 0.304. The van der Waals surface area contributed by atoms with Crippen molar-refractivity contribution in [2.45, 2.75) is 9.79 Å². The number of hydrogen-bond acceptors (Lipinski definition) is 6. The van der Waals surface area contributed by atoms with E-state index < -0.39 is 0 Å². The van der Waals surface area contributed by atoms with Crippen LogP contribution in [-0.4, -0.2) is 9.97 Å². The summed E-state index contributed by atoms with van der Waals surface area (Å²) in [6, 6.07) is 28.1. The standard InChI is InChI=1S/C26H15N3O2S/c1-3-7-21-17(5-1)28-25(30-21)15-9-11-19-23(13-15)32-24-14-16(10-12-20(24)27-19)26-29-18-6-2-4-8-22(18)31-26/h1-14,27H. The number of anilines is 2. The zero-order valence-corrected chi connectivity index (χ0v) is 17.5. The highest BCUT2D eigenvalue weighted by Gasteiger charge is 2.19. The molecule has 152 valence electrons. The Bertz CT molecular complexity index is 1460. The molecule has 0 aliphatic carbocycles. The first-order valence-corrected chi connectivity index (χ1v) is 11.1. The van der Waals surface area contributed by atoms with Crippen LogP contribution in [0, 0.1) is 0 Å². The number of hydrogen-bond donors (Lipinski definition) is 1. The molecule has 5 nitrogen and oxygen atoms in total. The van der Waals surface area contributed by atoms with E-state index in [1.165, 1.54) is 0 Å². The second-order valence-corrected chi connectivity index (χ2v) is 8.71. The Kier molecular flexibility index (Phi) is 3.71. The summed E-state index contributed by atoms with van der Waals surface area (Å²) in [7, 11) is 0. The van der Waals surface area contributed by atoms with Crippen LogP contribution in [0.4, 0.5) is 11.4 Å². The van der Waals surface area contributed by atoms with Crippen molar-refractivity contribution < 1.29 is 8.83 Å². The number of nitrogens with zero attached hydrogens (tertiary/aromatic N) is 2. The van der Waals surface area contributed by atoms with E-state index >= 15 is 0 Å². The van der Waals surface area contributed by atoms with Crippen LogP contribution in [-0.2, 0) is 0 Å². The Balaban J connectivity index is 1.26. The fraction of sp³-hybridized carbons (Fsp3) is 0. The molecule has 0 saturated carbocycles. The minimum atomic E-state index is 0.626. The summed E-state index contributed by atoms with van der Waals surface area (Å²) in [5.74, 6) is 1.25. The number of para-hydroxylation sites is 4. The summed E-state index contributed by atoms with van der Waals surface area (Å²) in [6.45, 7) is 0. The van der Waals surface area contributed by atoms with Crippen molar-refractivity contribution >= 4 is 45.3 Å². The van der Waals surface area contributed by atoms with Crippen LogP contribution in [0.3, 0.4) is 0 Å². The topological polar surface area (TPSA) is 64.1 Å². The van der Waals surface area contributed by atoms with Crippen molar-refractivity contribution in [2.75, 3.05) is 5.32 Å². The van der Waals surface area contributed by atoms with Gasteiger partial charge in [0.2, 0.25) is 11.8 Å². The van der Waals surface area contributed by atoms with Crippen LogP contribution in [0.15, 0.2) is 104 Å². The zero-order chi connectivity index (χ0) is 21.1. The first-order chi connectivity index (χ1) is 15.8. The number of oxazole rings is 2. The minimum Gasteiger partial charge on any atom is -0.436 e. The van der Waals surface area contributed by atoms with Crippen LogP contribution in [0.1, 0.15) is 0 Å². The molecular weight excluding hydrogens is 418 g/mol. The van der Waals surface area contributed by atoms with E-state index in [0.29, 0.717) is 11.8 Å². The molecule has 1 aliphatic heterocycles. The van der Waals surface area contributed by atoms with E-state index in [1.54, 1.807) is 11.8 Å². The molecule has 4 aromatic carbocycles. The molecule has 1 aliphatic rings. The molecule has 0 atom stereocenters. The highest BCUT2D eigenvalue weighted by Crippen LogP contribution is 2.46. The number of rotatable bonds is 2. The second-order valence-electron chi connectivity index (χ2n) is 7.62. The monoisotopic (exact) mass is 433 g/mol. The molecule has 32 heavy (non-hydrogen) atoms. The normalized spacial score (nSPS) is 12.5. The minimum absolute atomic E-state index is 0.626. The van der Waals surface area contributed by atoms with E-state index in [9.17, 15) is 0 Å². The summed E-state index contributed by atoms with van der Waals surface area (Å²) in [5, 5.41) is 3.53. The van der Waals surface area contributed by atoms with Crippen molar-refractivity contribution in [3.05, 3.63) is 84.9 Å². The molecule has 0 saturated heterocycles. The van der Waals surface area contributed by atoms with Crippen LogP contribution < -0.4 is 5.32 Å². The number of fused-ring (bicyclic) bond motifs is 4. The van der Waals surface area contributed by atoms with Gasteiger partial charge in [0.1, 0.15) is 11.0 Å². The molecule has 6 aromatic rings. The maximum Gasteiger partial charge on any atom is 0.227 e. The predicted octanol–water partition coefficient (Wildman–Crippen LogP) is 7.51. The first kappa shape index (κ1) is 17.6. The van der Waals surface area contributed by atoms with Gasteiger partial charge in [-0.15, -0.1) is 0 Å². The first-order valence-electron chi connectivity index (χ1n) is 10.2. The third-order valence-corrected chi connectivity index (χ3v) is 6.65.